The Morgan fingerprint density at radius 2 is 1.81 bits per heavy atom. The van der Waals surface area contributed by atoms with Crippen LogP contribution in [0.15, 0.2) is 0 Å². The lowest BCUT2D eigenvalue weighted by Gasteiger charge is -2.38. The molecule has 0 saturated carbocycles. The highest BCUT2D eigenvalue weighted by molar-refractivity contribution is 7.91. The number of rotatable bonds is 5. The van der Waals surface area contributed by atoms with Crippen LogP contribution in [0.2, 0.25) is 0 Å². The molecule has 1 fully saturated rings. The van der Waals surface area contributed by atoms with Crippen molar-refractivity contribution in [2.75, 3.05) is 18.1 Å². The van der Waals surface area contributed by atoms with Gasteiger partial charge >= 0.3 is 12.0 Å². The molecule has 0 spiro atoms. The van der Waals surface area contributed by atoms with E-state index in [1.54, 1.807) is 27.7 Å². The summed E-state index contributed by atoms with van der Waals surface area (Å²) >= 11 is 0. The number of carbonyl (C=O) groups excluding carboxylic acids is 1. The van der Waals surface area contributed by atoms with Gasteiger partial charge in [-0.1, -0.05) is 0 Å². The van der Waals surface area contributed by atoms with Gasteiger partial charge in [0.1, 0.15) is 0 Å². The molecule has 0 aromatic heterocycles. The lowest BCUT2D eigenvalue weighted by atomic mass is 9.74. The van der Waals surface area contributed by atoms with Gasteiger partial charge in [-0.2, -0.15) is 0 Å². The normalized spacial score (nSPS) is 21.8. The average molecular weight is 320 g/mol. The summed E-state index contributed by atoms with van der Waals surface area (Å²) < 4.78 is 22.7. The minimum Gasteiger partial charge on any atom is -0.481 e. The third-order valence-electron chi connectivity index (χ3n) is 4.40. The number of hydrogen-bond donors (Lipinski definition) is 3. The lowest BCUT2D eigenvalue weighted by molar-refractivity contribution is -0.150. The first-order chi connectivity index (χ1) is 9.37. The molecule has 0 radical (unpaired) electrons. The van der Waals surface area contributed by atoms with E-state index in [0.717, 1.165) is 0 Å². The van der Waals surface area contributed by atoms with E-state index in [0.29, 0.717) is 6.42 Å². The molecule has 122 valence electrons. The highest BCUT2D eigenvalue weighted by atomic mass is 32.2. The van der Waals surface area contributed by atoms with E-state index in [1.165, 1.54) is 0 Å². The Bertz CT molecular complexity index is 525. The molecule has 0 bridgehead atoms. The lowest BCUT2D eigenvalue weighted by Crippen LogP contribution is -2.59. The molecule has 1 rings (SSSR count). The molecule has 1 saturated heterocycles. The number of urea groups is 1. The predicted octanol–water partition coefficient (Wildman–Crippen LogP) is 0.610. The molecule has 1 heterocycles. The van der Waals surface area contributed by atoms with Gasteiger partial charge in [0.05, 0.1) is 22.5 Å². The third kappa shape index (κ3) is 4.33. The van der Waals surface area contributed by atoms with E-state index in [4.69, 9.17) is 0 Å². The Kier molecular flexibility index (Phi) is 4.92. The van der Waals surface area contributed by atoms with E-state index in [1.807, 2.05) is 0 Å². The average Bonchev–Trinajstić information content (AvgIpc) is 2.65. The van der Waals surface area contributed by atoms with Crippen LogP contribution >= 0.6 is 0 Å². The SMILES string of the molecule is CC(C)(NC(=O)NCC1CCS(=O)(=O)C1)C(C)(C)C(=O)O. The third-order valence-corrected chi connectivity index (χ3v) is 6.24. The Balaban J connectivity index is 2.52. The Morgan fingerprint density at radius 1 is 1.24 bits per heavy atom. The molecular weight excluding hydrogens is 296 g/mol. The fraction of sp³-hybridized carbons (Fsp3) is 0.846. The quantitative estimate of drug-likeness (QED) is 0.687. The number of amides is 2. The van der Waals surface area contributed by atoms with Crippen LogP contribution in [0.3, 0.4) is 0 Å². The van der Waals surface area contributed by atoms with Gasteiger partial charge in [-0.25, -0.2) is 13.2 Å². The van der Waals surface area contributed by atoms with Crippen LogP contribution in [-0.4, -0.2) is 49.1 Å². The van der Waals surface area contributed by atoms with Crippen molar-refractivity contribution >= 4 is 21.8 Å². The second kappa shape index (κ2) is 5.82. The second-order valence-electron chi connectivity index (χ2n) is 6.66. The van der Waals surface area contributed by atoms with Crippen molar-refractivity contribution in [1.82, 2.24) is 10.6 Å². The van der Waals surface area contributed by atoms with Gasteiger partial charge in [-0.3, -0.25) is 4.79 Å². The first-order valence-electron chi connectivity index (χ1n) is 6.87. The van der Waals surface area contributed by atoms with Gasteiger partial charge in [-0.15, -0.1) is 0 Å². The maximum Gasteiger partial charge on any atom is 0.315 e. The molecule has 1 atom stereocenters. The van der Waals surface area contributed by atoms with Crippen molar-refractivity contribution in [3.8, 4) is 0 Å². The summed E-state index contributed by atoms with van der Waals surface area (Å²) in [6.45, 7) is 6.63. The minimum absolute atomic E-state index is 0.0728. The molecule has 1 aliphatic heterocycles. The fourth-order valence-corrected chi connectivity index (χ4v) is 3.88. The molecule has 0 aliphatic carbocycles. The van der Waals surface area contributed by atoms with Crippen molar-refractivity contribution in [2.24, 2.45) is 11.3 Å². The molecule has 0 aromatic rings. The Hall–Kier alpha value is -1.31. The number of carbonyl (C=O) groups is 2. The maximum absolute atomic E-state index is 11.9. The van der Waals surface area contributed by atoms with Crippen molar-refractivity contribution in [3.05, 3.63) is 0 Å². The van der Waals surface area contributed by atoms with Gasteiger partial charge in [0.15, 0.2) is 9.84 Å². The van der Waals surface area contributed by atoms with Crippen LogP contribution in [0.1, 0.15) is 34.1 Å². The molecule has 0 aromatic carbocycles. The van der Waals surface area contributed by atoms with Crippen molar-refractivity contribution in [2.45, 2.75) is 39.7 Å². The van der Waals surface area contributed by atoms with E-state index < -0.39 is 32.8 Å². The fourth-order valence-electron chi connectivity index (χ4n) is 2.02. The van der Waals surface area contributed by atoms with Crippen LogP contribution in [0, 0.1) is 11.3 Å². The van der Waals surface area contributed by atoms with Gasteiger partial charge in [-0.05, 0) is 40.0 Å². The van der Waals surface area contributed by atoms with E-state index in [-0.39, 0.29) is 24.0 Å². The monoisotopic (exact) mass is 320 g/mol. The predicted molar refractivity (Wildman–Crippen MR) is 78.8 cm³/mol. The number of nitrogens with one attached hydrogen (secondary N) is 2. The summed E-state index contributed by atoms with van der Waals surface area (Å²) in [6.07, 6.45) is 0.548. The molecule has 1 unspecified atom stereocenters. The van der Waals surface area contributed by atoms with Crippen LogP contribution in [0.5, 0.6) is 0 Å². The van der Waals surface area contributed by atoms with Gasteiger partial charge in [0.2, 0.25) is 0 Å². The molecule has 1 aliphatic rings. The summed E-state index contributed by atoms with van der Waals surface area (Å²) in [5.41, 5.74) is -2.09. The Labute approximate surface area is 125 Å². The summed E-state index contributed by atoms with van der Waals surface area (Å²) in [5.74, 6) is -0.818. The number of carboxylic acid groups (broad SMARTS) is 1. The molecule has 7 nitrogen and oxygen atoms in total. The first-order valence-corrected chi connectivity index (χ1v) is 8.69. The smallest absolute Gasteiger partial charge is 0.315 e. The van der Waals surface area contributed by atoms with Crippen LogP contribution < -0.4 is 10.6 Å². The van der Waals surface area contributed by atoms with Crippen molar-refractivity contribution in [1.29, 1.82) is 0 Å². The van der Waals surface area contributed by atoms with Crippen LogP contribution in [0.4, 0.5) is 4.79 Å². The highest BCUT2D eigenvalue weighted by Crippen LogP contribution is 2.30. The summed E-state index contributed by atoms with van der Waals surface area (Å²) in [7, 11) is -2.96. The minimum atomic E-state index is -2.96. The van der Waals surface area contributed by atoms with E-state index in [2.05, 4.69) is 10.6 Å². The number of aliphatic carboxylic acids is 1. The Morgan fingerprint density at radius 3 is 2.24 bits per heavy atom. The van der Waals surface area contributed by atoms with Crippen LogP contribution in [0.25, 0.3) is 0 Å². The molecule has 21 heavy (non-hydrogen) atoms. The van der Waals surface area contributed by atoms with Gasteiger partial charge < -0.3 is 15.7 Å². The topological polar surface area (TPSA) is 113 Å². The van der Waals surface area contributed by atoms with E-state index in [9.17, 15) is 23.1 Å². The van der Waals surface area contributed by atoms with Crippen molar-refractivity contribution < 1.29 is 23.1 Å². The largest absolute Gasteiger partial charge is 0.481 e. The first kappa shape index (κ1) is 17.7. The number of sulfone groups is 1. The molecule has 3 N–H and O–H groups in total. The number of carboxylic acids is 1. The van der Waals surface area contributed by atoms with Gasteiger partial charge in [0, 0.05) is 6.54 Å². The summed E-state index contributed by atoms with van der Waals surface area (Å²) in [5, 5.41) is 14.5. The van der Waals surface area contributed by atoms with Crippen molar-refractivity contribution in [3.63, 3.8) is 0 Å². The zero-order chi connectivity index (χ0) is 16.5. The second-order valence-corrected chi connectivity index (χ2v) is 8.89. The maximum atomic E-state index is 11.9. The molecular formula is C13H24N2O5S. The zero-order valence-corrected chi connectivity index (χ0v) is 13.7. The van der Waals surface area contributed by atoms with E-state index >= 15 is 0 Å². The number of hydrogen-bond acceptors (Lipinski definition) is 4. The molecule has 2 amide bonds. The standard InChI is InChI=1S/C13H24N2O5S/c1-12(2,10(16)17)13(3,4)15-11(18)14-7-9-5-6-21(19,20)8-9/h9H,5-8H2,1-4H3,(H,16,17)(H2,14,15,18). The molecule has 8 heteroatoms. The zero-order valence-electron chi connectivity index (χ0n) is 12.9. The van der Waals surface area contributed by atoms with Crippen LogP contribution in [-0.2, 0) is 14.6 Å². The summed E-state index contributed by atoms with van der Waals surface area (Å²) in [4.78, 5) is 23.1. The highest BCUT2D eigenvalue weighted by Gasteiger charge is 2.44. The summed E-state index contributed by atoms with van der Waals surface area (Å²) in [6, 6.07) is -0.487. The van der Waals surface area contributed by atoms with Gasteiger partial charge in [0.25, 0.3) is 0 Å².